The van der Waals surface area contributed by atoms with Gasteiger partial charge in [0.1, 0.15) is 12.1 Å². The van der Waals surface area contributed by atoms with E-state index in [1.165, 1.54) is 32.4 Å². The largest absolute Gasteiger partial charge is 1.00 e. The fraction of sp³-hybridized carbons (Fsp3) is 0.381. The second-order valence-corrected chi connectivity index (χ2v) is 6.53. The summed E-state index contributed by atoms with van der Waals surface area (Å²) < 4.78 is 0. The van der Waals surface area contributed by atoms with Crippen LogP contribution in [0.25, 0.3) is 0 Å². The van der Waals surface area contributed by atoms with Crippen LogP contribution in [0.5, 0.6) is 0 Å². The second kappa shape index (κ2) is 11.2. The maximum atomic E-state index is 11.4. The summed E-state index contributed by atoms with van der Waals surface area (Å²) in [6.07, 6.45) is 8.07. The Hall–Kier alpha value is -1.57. The lowest BCUT2D eigenvalue weighted by Gasteiger charge is -2.26. The van der Waals surface area contributed by atoms with Gasteiger partial charge in [0.15, 0.2) is 12.4 Å². The molecule has 1 atom stereocenters. The molecule has 1 aromatic heterocycles. The highest BCUT2D eigenvalue weighted by Gasteiger charge is 2.31. The van der Waals surface area contributed by atoms with Crippen LogP contribution in [0, 0.1) is 11.8 Å². The summed E-state index contributed by atoms with van der Waals surface area (Å²) in [4.78, 5) is 4.59. The predicted octanol–water partition coefficient (Wildman–Crippen LogP) is -4.79. The van der Waals surface area contributed by atoms with Gasteiger partial charge in [-0.05, 0) is 30.7 Å². The van der Waals surface area contributed by atoms with Crippen LogP contribution in [0.4, 0.5) is 0 Å². The van der Waals surface area contributed by atoms with E-state index in [1.807, 2.05) is 54.9 Å². The molecule has 140 valence electrons. The van der Waals surface area contributed by atoms with Crippen molar-refractivity contribution in [3.63, 3.8) is 0 Å². The molecule has 1 aliphatic heterocycles. The van der Waals surface area contributed by atoms with Gasteiger partial charge in [0.25, 0.3) is 0 Å². The van der Waals surface area contributed by atoms with E-state index in [0.29, 0.717) is 6.42 Å². The maximum Gasteiger partial charge on any atom is 0.167 e. The summed E-state index contributed by atoms with van der Waals surface area (Å²) in [5.41, 5.74) is 0.684. The number of rotatable bonds is 4. The topological polar surface area (TPSA) is 38.8 Å². The highest BCUT2D eigenvalue weighted by Crippen LogP contribution is 2.31. The number of pyridine rings is 1. The van der Waals surface area contributed by atoms with Crippen molar-refractivity contribution in [1.29, 1.82) is 0 Å². The smallest absolute Gasteiger partial charge is 0.167 e. The van der Waals surface area contributed by atoms with Crippen molar-refractivity contribution in [2.24, 2.45) is 0 Å². The van der Waals surface area contributed by atoms with Gasteiger partial charge in [-0.25, -0.2) is 4.98 Å². The minimum atomic E-state index is -1.07. The molecule has 3 nitrogen and oxygen atoms in total. The average Bonchev–Trinajstić information content (AvgIpc) is 2.67. The van der Waals surface area contributed by atoms with Gasteiger partial charge in [-0.15, -0.1) is 0 Å². The third-order valence-corrected chi connectivity index (χ3v) is 4.82. The second-order valence-electron chi connectivity index (χ2n) is 6.53. The molecule has 0 aliphatic carbocycles. The minimum absolute atomic E-state index is 0. The van der Waals surface area contributed by atoms with E-state index in [0.717, 1.165) is 17.7 Å². The Morgan fingerprint density at radius 3 is 2.15 bits per heavy atom. The van der Waals surface area contributed by atoms with Crippen LogP contribution in [-0.4, -0.2) is 24.7 Å². The van der Waals surface area contributed by atoms with E-state index < -0.39 is 5.60 Å². The lowest BCUT2D eigenvalue weighted by Crippen LogP contribution is -3.12. The van der Waals surface area contributed by atoms with Crippen molar-refractivity contribution >= 4 is 0 Å². The zero-order valence-electron chi connectivity index (χ0n) is 14.8. The highest BCUT2D eigenvalue weighted by atomic mass is 35.5. The number of aliphatic hydroxyl groups is 1. The van der Waals surface area contributed by atoms with Gasteiger partial charge in [0.2, 0.25) is 0 Å². The van der Waals surface area contributed by atoms with Crippen molar-refractivity contribution < 1.29 is 39.8 Å². The van der Waals surface area contributed by atoms with Gasteiger partial charge in [-0.3, -0.25) is 0 Å². The molecule has 0 spiro atoms. The monoisotopic (exact) mass is 392 g/mol. The van der Waals surface area contributed by atoms with Crippen molar-refractivity contribution in [3.05, 3.63) is 66.0 Å². The Balaban J connectivity index is 0.00000169. The quantitative estimate of drug-likeness (QED) is 0.503. The minimum Gasteiger partial charge on any atom is -1.00 e. The number of hydrogen-bond acceptors (Lipinski definition) is 1. The van der Waals surface area contributed by atoms with Gasteiger partial charge in [0, 0.05) is 24.1 Å². The maximum absolute atomic E-state index is 11.4. The summed E-state index contributed by atoms with van der Waals surface area (Å²) in [6.45, 7) is 3.34. The first kappa shape index (κ1) is 22.5. The molecule has 2 heterocycles. The molecule has 2 aromatic rings. The Labute approximate surface area is 168 Å². The number of nitrogens with one attached hydrogen (secondary N) is 2. The Bertz CT molecular complexity index is 653. The fourth-order valence-electron chi connectivity index (χ4n) is 3.35. The number of aromatic nitrogens is 1. The molecule has 0 radical (unpaired) electrons. The highest BCUT2D eigenvalue weighted by molar-refractivity contribution is 5.36. The van der Waals surface area contributed by atoms with E-state index in [4.69, 9.17) is 0 Å². The predicted molar refractivity (Wildman–Crippen MR) is 94.2 cm³/mol. The Kier molecular flexibility index (Phi) is 9.69. The van der Waals surface area contributed by atoms with Crippen molar-refractivity contribution in [1.82, 2.24) is 0 Å². The van der Waals surface area contributed by atoms with Gasteiger partial charge in [-0.2, -0.15) is 0 Å². The summed E-state index contributed by atoms with van der Waals surface area (Å²) in [5.74, 6) is 6.53. The van der Waals surface area contributed by atoms with Crippen LogP contribution in [0.3, 0.4) is 0 Å². The molecular weight excluding hydrogens is 367 g/mol. The Morgan fingerprint density at radius 1 is 0.885 bits per heavy atom. The zero-order valence-corrected chi connectivity index (χ0v) is 16.4. The molecule has 1 fully saturated rings. The van der Waals surface area contributed by atoms with Crippen molar-refractivity contribution in [3.8, 4) is 11.8 Å². The molecule has 0 saturated carbocycles. The zero-order chi connectivity index (χ0) is 16.7. The van der Waals surface area contributed by atoms with E-state index in [1.54, 1.807) is 4.90 Å². The summed E-state index contributed by atoms with van der Waals surface area (Å²) >= 11 is 0. The third-order valence-electron chi connectivity index (χ3n) is 4.82. The SMILES string of the molecule is OC(CC#CC[NH+]1CCCCC1)(c1ccccc1)c1cc[nH+]cc1.[Cl-].[Cl-]. The molecule has 3 N–H and O–H groups in total. The third kappa shape index (κ3) is 5.72. The first-order chi connectivity index (χ1) is 11.8. The van der Waals surface area contributed by atoms with Crippen LogP contribution in [0.1, 0.15) is 36.8 Å². The number of likely N-dealkylation sites (tertiary alicyclic amines) is 1. The summed E-state index contributed by atoms with van der Waals surface area (Å²) in [7, 11) is 0. The Morgan fingerprint density at radius 2 is 1.50 bits per heavy atom. The van der Waals surface area contributed by atoms with Crippen LogP contribution >= 0.6 is 0 Å². The molecule has 1 saturated heterocycles. The molecule has 1 unspecified atom stereocenters. The molecule has 1 aromatic carbocycles. The van der Waals surface area contributed by atoms with Gasteiger partial charge in [-0.1, -0.05) is 36.3 Å². The van der Waals surface area contributed by atoms with E-state index >= 15 is 0 Å². The van der Waals surface area contributed by atoms with Crippen LogP contribution in [0.15, 0.2) is 54.9 Å². The number of halogens is 2. The normalized spacial score (nSPS) is 16.2. The van der Waals surface area contributed by atoms with Gasteiger partial charge >= 0.3 is 0 Å². The number of benzene rings is 1. The van der Waals surface area contributed by atoms with E-state index in [2.05, 4.69) is 16.8 Å². The molecule has 0 amide bonds. The molecule has 26 heavy (non-hydrogen) atoms. The number of piperidine rings is 1. The van der Waals surface area contributed by atoms with Crippen LogP contribution in [-0.2, 0) is 5.60 Å². The molecule has 1 aliphatic rings. The lowest BCUT2D eigenvalue weighted by atomic mass is 9.84. The number of quaternary nitrogens is 1. The molecule has 5 heteroatoms. The molecule has 0 bridgehead atoms. The van der Waals surface area contributed by atoms with E-state index in [-0.39, 0.29) is 24.8 Å². The van der Waals surface area contributed by atoms with E-state index in [9.17, 15) is 5.11 Å². The van der Waals surface area contributed by atoms with Crippen molar-refractivity contribution in [2.75, 3.05) is 19.6 Å². The van der Waals surface area contributed by atoms with Crippen LogP contribution in [0.2, 0.25) is 0 Å². The molecular formula is C21H26Cl2N2O. The summed E-state index contributed by atoms with van der Waals surface area (Å²) in [6, 6.07) is 13.7. The molecule has 3 rings (SSSR count). The average molecular weight is 393 g/mol. The lowest BCUT2D eigenvalue weighted by molar-refractivity contribution is -0.897. The standard InChI is InChI=1S/C21H24N2O.2ClH/c24-21(19-9-3-1-4-10-19,20-11-14-22-15-12-20)13-5-8-18-23-16-6-2-7-17-23;;/h1,3-4,9-12,14-15,24H,2,6-7,13,16-18H2;2*1H. The van der Waals surface area contributed by atoms with Gasteiger partial charge in [0.05, 0.1) is 13.1 Å². The number of hydrogen-bond donors (Lipinski definition) is 2. The number of H-pyrrole nitrogens is 1. The summed E-state index contributed by atoms with van der Waals surface area (Å²) in [5, 5.41) is 11.4. The first-order valence-corrected chi connectivity index (χ1v) is 8.83. The van der Waals surface area contributed by atoms with Crippen LogP contribution < -0.4 is 34.7 Å². The van der Waals surface area contributed by atoms with Crippen molar-refractivity contribution in [2.45, 2.75) is 31.3 Å². The first-order valence-electron chi connectivity index (χ1n) is 8.83. The number of aromatic amines is 1. The fourth-order valence-corrected chi connectivity index (χ4v) is 3.35. The van der Waals surface area contributed by atoms with Gasteiger partial charge < -0.3 is 34.8 Å².